The van der Waals surface area contributed by atoms with E-state index in [1.54, 1.807) is 12.1 Å². The van der Waals surface area contributed by atoms with Crippen molar-refractivity contribution in [2.75, 3.05) is 6.54 Å². The maximum Gasteiger partial charge on any atom is 0.305 e. The molecule has 0 aromatic heterocycles. The fourth-order valence-corrected chi connectivity index (χ4v) is 3.36. The van der Waals surface area contributed by atoms with E-state index >= 15 is 0 Å². The molecule has 1 aromatic carbocycles. The molecule has 1 saturated carbocycles. The third kappa shape index (κ3) is 3.79. The SMILES string of the molecule is NCC1(Cc2cccc([N+](=O)[O-])c2F)CCCCCCC1. The molecule has 1 fully saturated rings. The topological polar surface area (TPSA) is 69.2 Å². The maximum absolute atomic E-state index is 14.3. The Balaban J connectivity index is 2.25. The maximum atomic E-state index is 14.3. The molecule has 0 bridgehead atoms. The van der Waals surface area contributed by atoms with Gasteiger partial charge in [-0.15, -0.1) is 0 Å². The smallest absolute Gasteiger partial charge is 0.305 e. The zero-order valence-corrected chi connectivity index (χ0v) is 12.3. The molecule has 4 nitrogen and oxygen atoms in total. The van der Waals surface area contributed by atoms with Crippen LogP contribution >= 0.6 is 0 Å². The molecule has 1 aliphatic rings. The van der Waals surface area contributed by atoms with Crippen molar-refractivity contribution in [3.8, 4) is 0 Å². The van der Waals surface area contributed by atoms with Gasteiger partial charge < -0.3 is 5.73 Å². The summed E-state index contributed by atoms with van der Waals surface area (Å²) in [6, 6.07) is 4.42. The molecule has 0 radical (unpaired) electrons. The van der Waals surface area contributed by atoms with E-state index in [0.29, 0.717) is 18.5 Å². The van der Waals surface area contributed by atoms with Crippen LogP contribution in [0.3, 0.4) is 0 Å². The molecular formula is C16H23FN2O2. The first-order chi connectivity index (χ1) is 10.1. The molecule has 0 heterocycles. The van der Waals surface area contributed by atoms with Crippen LogP contribution in [-0.4, -0.2) is 11.5 Å². The molecule has 1 aromatic rings. The van der Waals surface area contributed by atoms with E-state index in [2.05, 4.69) is 0 Å². The van der Waals surface area contributed by atoms with E-state index < -0.39 is 16.4 Å². The number of halogens is 1. The van der Waals surface area contributed by atoms with Crippen molar-refractivity contribution in [1.82, 2.24) is 0 Å². The number of hydrogen-bond acceptors (Lipinski definition) is 3. The molecule has 0 atom stereocenters. The highest BCUT2D eigenvalue weighted by Gasteiger charge is 2.31. The molecule has 2 rings (SSSR count). The van der Waals surface area contributed by atoms with Crippen LogP contribution in [0.25, 0.3) is 0 Å². The molecule has 0 unspecified atom stereocenters. The Hall–Kier alpha value is -1.49. The van der Waals surface area contributed by atoms with Gasteiger partial charge in [0.25, 0.3) is 0 Å². The molecule has 0 amide bonds. The van der Waals surface area contributed by atoms with Crippen LogP contribution in [0, 0.1) is 21.3 Å². The van der Waals surface area contributed by atoms with Crippen LogP contribution in [0.4, 0.5) is 10.1 Å². The Morgan fingerprint density at radius 1 is 1.19 bits per heavy atom. The van der Waals surface area contributed by atoms with Gasteiger partial charge >= 0.3 is 5.69 Å². The number of nitro groups is 1. The summed E-state index contributed by atoms with van der Waals surface area (Å²) in [6.07, 6.45) is 8.31. The standard InChI is InChI=1S/C16H23FN2O2/c17-15-13(7-6-8-14(15)19(20)21)11-16(12-18)9-4-2-1-3-5-10-16/h6-8H,1-5,9-12,18H2. The first-order valence-corrected chi connectivity index (χ1v) is 7.70. The van der Waals surface area contributed by atoms with E-state index in [1.807, 2.05) is 0 Å². The summed E-state index contributed by atoms with van der Waals surface area (Å²) in [7, 11) is 0. The minimum absolute atomic E-state index is 0.115. The Morgan fingerprint density at radius 2 is 1.81 bits per heavy atom. The summed E-state index contributed by atoms with van der Waals surface area (Å²) in [5.74, 6) is -0.697. The zero-order chi connectivity index (χ0) is 15.3. The van der Waals surface area contributed by atoms with Gasteiger partial charge in [0.2, 0.25) is 5.82 Å². The van der Waals surface area contributed by atoms with Gasteiger partial charge in [-0.2, -0.15) is 4.39 Å². The van der Waals surface area contributed by atoms with Crippen molar-refractivity contribution < 1.29 is 9.31 Å². The van der Waals surface area contributed by atoms with Crippen molar-refractivity contribution >= 4 is 5.69 Å². The number of hydrogen-bond donors (Lipinski definition) is 1. The average molecular weight is 294 g/mol. The molecule has 0 spiro atoms. The van der Waals surface area contributed by atoms with Crippen molar-refractivity contribution in [2.24, 2.45) is 11.1 Å². The summed E-state index contributed by atoms with van der Waals surface area (Å²) in [5, 5.41) is 10.9. The summed E-state index contributed by atoms with van der Waals surface area (Å²) in [5.41, 5.74) is 5.87. The monoisotopic (exact) mass is 294 g/mol. The lowest BCUT2D eigenvalue weighted by molar-refractivity contribution is -0.387. The Bertz CT molecular complexity index is 497. The van der Waals surface area contributed by atoms with Gasteiger partial charge in [0.1, 0.15) is 0 Å². The van der Waals surface area contributed by atoms with E-state index in [4.69, 9.17) is 5.73 Å². The number of nitro benzene ring substituents is 1. The molecule has 116 valence electrons. The normalized spacial score (nSPS) is 18.8. The van der Waals surface area contributed by atoms with Crippen molar-refractivity contribution in [3.05, 3.63) is 39.7 Å². The van der Waals surface area contributed by atoms with E-state index in [9.17, 15) is 14.5 Å². The van der Waals surface area contributed by atoms with Crippen molar-refractivity contribution in [2.45, 2.75) is 51.4 Å². The van der Waals surface area contributed by atoms with Gasteiger partial charge in [0.05, 0.1) is 4.92 Å². The number of benzene rings is 1. The Morgan fingerprint density at radius 3 is 2.38 bits per heavy atom. The average Bonchev–Trinajstić information content (AvgIpc) is 2.44. The van der Waals surface area contributed by atoms with Gasteiger partial charge in [0, 0.05) is 6.07 Å². The van der Waals surface area contributed by atoms with Gasteiger partial charge in [-0.3, -0.25) is 10.1 Å². The predicted octanol–water partition coefficient (Wildman–Crippen LogP) is 3.97. The van der Waals surface area contributed by atoms with E-state index in [1.165, 1.54) is 25.3 Å². The fraction of sp³-hybridized carbons (Fsp3) is 0.625. The van der Waals surface area contributed by atoms with Crippen molar-refractivity contribution in [3.63, 3.8) is 0 Å². The second kappa shape index (κ2) is 6.98. The fourth-order valence-electron chi connectivity index (χ4n) is 3.36. The first kappa shape index (κ1) is 15.9. The highest BCUT2D eigenvalue weighted by atomic mass is 19.1. The lowest BCUT2D eigenvalue weighted by atomic mass is 9.72. The molecule has 5 heteroatoms. The second-order valence-electron chi connectivity index (χ2n) is 6.16. The van der Waals surface area contributed by atoms with Crippen LogP contribution in [-0.2, 0) is 6.42 Å². The molecule has 0 aliphatic heterocycles. The highest BCUT2D eigenvalue weighted by Crippen LogP contribution is 2.37. The Kier molecular flexibility index (Phi) is 5.28. The van der Waals surface area contributed by atoms with Gasteiger partial charge in [-0.25, -0.2) is 0 Å². The molecule has 21 heavy (non-hydrogen) atoms. The number of rotatable bonds is 4. The largest absolute Gasteiger partial charge is 0.330 e. The van der Waals surface area contributed by atoms with Gasteiger partial charge in [-0.1, -0.05) is 44.2 Å². The van der Waals surface area contributed by atoms with Crippen LogP contribution in [0.5, 0.6) is 0 Å². The second-order valence-corrected chi connectivity index (χ2v) is 6.16. The zero-order valence-electron chi connectivity index (χ0n) is 12.3. The quantitative estimate of drug-likeness (QED) is 0.675. The summed E-state index contributed by atoms with van der Waals surface area (Å²) < 4.78 is 14.3. The predicted molar refractivity (Wildman–Crippen MR) is 80.6 cm³/mol. The third-order valence-electron chi connectivity index (χ3n) is 4.67. The van der Waals surface area contributed by atoms with Gasteiger partial charge in [0.15, 0.2) is 0 Å². The highest BCUT2D eigenvalue weighted by molar-refractivity contribution is 5.37. The summed E-state index contributed by atoms with van der Waals surface area (Å²) in [6.45, 7) is 0.509. The number of nitrogens with two attached hydrogens (primary N) is 1. The summed E-state index contributed by atoms with van der Waals surface area (Å²) in [4.78, 5) is 10.2. The van der Waals surface area contributed by atoms with Crippen LogP contribution in [0.15, 0.2) is 18.2 Å². The van der Waals surface area contributed by atoms with E-state index in [-0.39, 0.29) is 5.41 Å². The molecule has 0 saturated heterocycles. The molecular weight excluding hydrogens is 271 g/mol. The minimum atomic E-state index is -0.697. The van der Waals surface area contributed by atoms with Gasteiger partial charge in [-0.05, 0) is 36.8 Å². The minimum Gasteiger partial charge on any atom is -0.330 e. The lowest BCUT2D eigenvalue weighted by Gasteiger charge is -2.34. The first-order valence-electron chi connectivity index (χ1n) is 7.70. The Labute approximate surface area is 124 Å². The number of nitrogens with zero attached hydrogens (tertiary/aromatic N) is 1. The lowest BCUT2D eigenvalue weighted by Crippen LogP contribution is -2.34. The summed E-state index contributed by atoms with van der Waals surface area (Å²) >= 11 is 0. The third-order valence-corrected chi connectivity index (χ3v) is 4.67. The molecule has 1 aliphatic carbocycles. The molecule has 2 N–H and O–H groups in total. The van der Waals surface area contributed by atoms with Crippen LogP contribution in [0.2, 0.25) is 0 Å². The van der Waals surface area contributed by atoms with Crippen LogP contribution < -0.4 is 5.73 Å². The van der Waals surface area contributed by atoms with Crippen LogP contribution in [0.1, 0.15) is 50.5 Å². The van der Waals surface area contributed by atoms with Crippen molar-refractivity contribution in [1.29, 1.82) is 0 Å². The van der Waals surface area contributed by atoms with E-state index in [0.717, 1.165) is 25.7 Å².